The zero-order chi connectivity index (χ0) is 15.4. The predicted molar refractivity (Wildman–Crippen MR) is 75.8 cm³/mol. The van der Waals surface area contributed by atoms with Gasteiger partial charge in [-0.25, -0.2) is 4.31 Å². The standard InChI is InChI=1S/C13H14ClNO5S/c1-7-3-8-4-12(19-2)9(5-11(8)20-7)10-6-13(16)15(10)21(14,17)18/h4-5,7,10H,3,6H2,1-2H3. The second kappa shape index (κ2) is 4.78. The first-order valence-electron chi connectivity index (χ1n) is 6.45. The molecule has 1 amide bonds. The first-order chi connectivity index (χ1) is 9.81. The van der Waals surface area contributed by atoms with Gasteiger partial charge in [0.25, 0.3) is 0 Å². The monoisotopic (exact) mass is 331 g/mol. The third-order valence-corrected chi connectivity index (χ3v) is 5.11. The Hall–Kier alpha value is -1.47. The summed E-state index contributed by atoms with van der Waals surface area (Å²) >= 11 is 0. The third kappa shape index (κ3) is 2.34. The number of hydrogen-bond acceptors (Lipinski definition) is 5. The number of amides is 1. The van der Waals surface area contributed by atoms with Gasteiger partial charge in [0.1, 0.15) is 17.6 Å². The van der Waals surface area contributed by atoms with Crippen LogP contribution in [0.5, 0.6) is 11.5 Å². The fourth-order valence-electron chi connectivity index (χ4n) is 2.80. The second-order valence-electron chi connectivity index (χ2n) is 5.19. The number of fused-ring (bicyclic) bond motifs is 1. The number of carbonyl (C=O) groups excluding carboxylic acids is 1. The van der Waals surface area contributed by atoms with Crippen molar-refractivity contribution in [1.82, 2.24) is 4.31 Å². The fourth-order valence-corrected chi connectivity index (χ4v) is 4.13. The molecule has 114 valence electrons. The van der Waals surface area contributed by atoms with Crippen molar-refractivity contribution in [2.24, 2.45) is 0 Å². The minimum atomic E-state index is -4.10. The summed E-state index contributed by atoms with van der Waals surface area (Å²) in [7, 11) is 2.72. The van der Waals surface area contributed by atoms with Crippen LogP contribution in [0.1, 0.15) is 30.5 Å². The molecule has 0 bridgehead atoms. The Morgan fingerprint density at radius 3 is 2.67 bits per heavy atom. The van der Waals surface area contributed by atoms with Gasteiger partial charge >= 0.3 is 9.24 Å². The topological polar surface area (TPSA) is 72.9 Å². The lowest BCUT2D eigenvalue weighted by atomic mass is 9.94. The summed E-state index contributed by atoms with van der Waals surface area (Å²) in [4.78, 5) is 11.5. The Labute approximate surface area is 127 Å². The molecule has 0 saturated carbocycles. The Balaban J connectivity index is 2.03. The van der Waals surface area contributed by atoms with Crippen molar-refractivity contribution in [1.29, 1.82) is 0 Å². The second-order valence-corrected chi connectivity index (χ2v) is 7.57. The van der Waals surface area contributed by atoms with Crippen LogP contribution in [0, 0.1) is 0 Å². The summed E-state index contributed by atoms with van der Waals surface area (Å²) in [5.41, 5.74) is 1.60. The average molecular weight is 332 g/mol. The van der Waals surface area contributed by atoms with Crippen LogP contribution >= 0.6 is 10.7 Å². The van der Waals surface area contributed by atoms with E-state index in [0.717, 1.165) is 12.0 Å². The quantitative estimate of drug-likeness (QED) is 0.623. The third-order valence-electron chi connectivity index (χ3n) is 3.74. The van der Waals surface area contributed by atoms with Gasteiger partial charge in [-0.05, 0) is 19.1 Å². The van der Waals surface area contributed by atoms with E-state index in [1.54, 1.807) is 6.07 Å². The molecule has 0 radical (unpaired) electrons. The van der Waals surface area contributed by atoms with Crippen LogP contribution in [0.15, 0.2) is 12.1 Å². The number of nitrogens with zero attached hydrogens (tertiary/aromatic N) is 1. The predicted octanol–water partition coefficient (Wildman–Crippen LogP) is 1.78. The van der Waals surface area contributed by atoms with E-state index in [-0.39, 0.29) is 12.5 Å². The summed E-state index contributed by atoms with van der Waals surface area (Å²) in [6.07, 6.45) is 0.917. The Kier molecular flexibility index (Phi) is 3.29. The maximum absolute atomic E-state index is 11.5. The molecular formula is C13H14ClNO5S. The molecule has 2 heterocycles. The van der Waals surface area contributed by atoms with Crippen molar-refractivity contribution in [3.05, 3.63) is 23.3 Å². The highest BCUT2D eigenvalue weighted by molar-refractivity contribution is 8.12. The number of benzene rings is 1. The number of β-lactam (4-membered cyclic amide) rings is 1. The van der Waals surface area contributed by atoms with E-state index in [0.29, 0.717) is 21.4 Å². The van der Waals surface area contributed by atoms with E-state index in [1.165, 1.54) is 7.11 Å². The van der Waals surface area contributed by atoms with Crippen LogP contribution in [-0.4, -0.2) is 31.8 Å². The molecule has 0 N–H and O–H groups in total. The minimum absolute atomic E-state index is 0.0656. The van der Waals surface area contributed by atoms with E-state index in [2.05, 4.69) is 0 Å². The average Bonchev–Trinajstić information content (AvgIpc) is 2.70. The molecule has 2 aliphatic heterocycles. The van der Waals surface area contributed by atoms with Crippen LogP contribution in [0.2, 0.25) is 0 Å². The molecule has 0 aliphatic carbocycles. The molecule has 2 aliphatic rings. The van der Waals surface area contributed by atoms with Crippen molar-refractivity contribution >= 4 is 25.8 Å². The van der Waals surface area contributed by atoms with Gasteiger partial charge in [0.05, 0.1) is 19.6 Å². The number of halogens is 1. The van der Waals surface area contributed by atoms with Gasteiger partial charge in [0, 0.05) is 28.2 Å². The van der Waals surface area contributed by atoms with Crippen molar-refractivity contribution < 1.29 is 22.7 Å². The van der Waals surface area contributed by atoms with E-state index < -0.39 is 21.2 Å². The highest BCUT2D eigenvalue weighted by Crippen LogP contribution is 2.45. The van der Waals surface area contributed by atoms with E-state index in [9.17, 15) is 13.2 Å². The first-order valence-corrected chi connectivity index (χ1v) is 8.72. The van der Waals surface area contributed by atoms with Crippen LogP contribution in [-0.2, 0) is 20.5 Å². The Bertz CT molecular complexity index is 718. The highest BCUT2D eigenvalue weighted by Gasteiger charge is 2.46. The van der Waals surface area contributed by atoms with Gasteiger partial charge in [0.15, 0.2) is 0 Å². The van der Waals surface area contributed by atoms with Crippen molar-refractivity contribution in [2.75, 3.05) is 7.11 Å². The van der Waals surface area contributed by atoms with Crippen LogP contribution in [0.4, 0.5) is 0 Å². The first kappa shape index (κ1) is 14.5. The summed E-state index contributed by atoms with van der Waals surface area (Å²) in [6.45, 7) is 1.95. The minimum Gasteiger partial charge on any atom is -0.496 e. The summed E-state index contributed by atoms with van der Waals surface area (Å²) in [5, 5.41) is 0. The SMILES string of the molecule is COc1cc2c(cc1C1CC(=O)N1S(=O)(=O)Cl)OC(C)C2. The molecule has 21 heavy (non-hydrogen) atoms. The molecule has 0 spiro atoms. The lowest BCUT2D eigenvalue weighted by Crippen LogP contribution is -2.48. The molecule has 0 aromatic heterocycles. The van der Waals surface area contributed by atoms with Gasteiger partial charge in [-0.3, -0.25) is 4.79 Å². The normalized spacial score (nSPS) is 24.3. The van der Waals surface area contributed by atoms with Gasteiger partial charge < -0.3 is 9.47 Å². The van der Waals surface area contributed by atoms with Gasteiger partial charge in [0.2, 0.25) is 5.91 Å². The van der Waals surface area contributed by atoms with Gasteiger partial charge in [-0.1, -0.05) is 0 Å². The van der Waals surface area contributed by atoms with Crippen molar-refractivity contribution in [3.63, 3.8) is 0 Å². The molecule has 6 nitrogen and oxygen atoms in total. The van der Waals surface area contributed by atoms with E-state index in [1.807, 2.05) is 13.0 Å². The summed E-state index contributed by atoms with van der Waals surface area (Å²) < 4.78 is 34.7. The number of methoxy groups -OCH3 is 1. The van der Waals surface area contributed by atoms with Crippen molar-refractivity contribution in [2.45, 2.75) is 31.9 Å². The Morgan fingerprint density at radius 2 is 2.10 bits per heavy atom. The maximum Gasteiger partial charge on any atom is 0.324 e. The van der Waals surface area contributed by atoms with E-state index >= 15 is 0 Å². The molecule has 2 atom stereocenters. The smallest absolute Gasteiger partial charge is 0.324 e. The molecular weight excluding hydrogens is 318 g/mol. The van der Waals surface area contributed by atoms with E-state index in [4.69, 9.17) is 20.2 Å². The van der Waals surface area contributed by atoms with Gasteiger partial charge in [-0.15, -0.1) is 0 Å². The van der Waals surface area contributed by atoms with Gasteiger partial charge in [-0.2, -0.15) is 8.42 Å². The molecule has 1 fully saturated rings. The van der Waals surface area contributed by atoms with Crippen LogP contribution in [0.25, 0.3) is 0 Å². The number of carbonyl (C=O) groups is 1. The summed E-state index contributed by atoms with van der Waals surface area (Å²) in [5.74, 6) is 0.714. The fraction of sp³-hybridized carbons (Fsp3) is 0.462. The summed E-state index contributed by atoms with van der Waals surface area (Å²) in [6, 6.07) is 2.93. The highest BCUT2D eigenvalue weighted by atomic mass is 35.7. The zero-order valence-corrected chi connectivity index (χ0v) is 13.1. The largest absolute Gasteiger partial charge is 0.496 e. The molecule has 1 aromatic rings. The number of ether oxygens (including phenoxy) is 2. The molecule has 1 aromatic carbocycles. The maximum atomic E-state index is 11.5. The number of rotatable bonds is 3. The Morgan fingerprint density at radius 1 is 1.38 bits per heavy atom. The molecule has 3 rings (SSSR count). The lowest BCUT2D eigenvalue weighted by molar-refractivity contribution is -0.137. The van der Waals surface area contributed by atoms with Crippen LogP contribution < -0.4 is 9.47 Å². The number of hydrogen-bond donors (Lipinski definition) is 0. The zero-order valence-electron chi connectivity index (χ0n) is 11.5. The molecule has 2 unspecified atom stereocenters. The lowest BCUT2D eigenvalue weighted by Gasteiger charge is -2.37. The van der Waals surface area contributed by atoms with Crippen molar-refractivity contribution in [3.8, 4) is 11.5 Å². The molecule has 8 heteroatoms. The molecule has 1 saturated heterocycles. The van der Waals surface area contributed by atoms with Crippen LogP contribution in [0.3, 0.4) is 0 Å².